The average molecular weight is 550 g/mol. The minimum absolute atomic E-state index is 0.0666. The lowest BCUT2D eigenvalue weighted by molar-refractivity contribution is 0.0645. The van der Waals surface area contributed by atoms with Crippen molar-refractivity contribution in [2.24, 2.45) is 0 Å². The maximum Gasteiger partial charge on any atom is 0.322 e. The minimum atomic E-state index is -0.266. The number of ether oxygens (including phenoxy) is 2. The first-order chi connectivity index (χ1) is 19.1. The molecule has 1 saturated heterocycles. The first kappa shape index (κ1) is 28.3. The molecule has 1 aliphatic rings. The van der Waals surface area contributed by atoms with Gasteiger partial charge in [0.2, 0.25) is 0 Å². The summed E-state index contributed by atoms with van der Waals surface area (Å²) < 4.78 is 10.4. The lowest BCUT2D eigenvalue weighted by Crippen LogP contribution is -2.48. The van der Waals surface area contributed by atoms with Gasteiger partial charge in [0.15, 0.2) is 0 Å². The number of aromatic nitrogens is 1. The van der Waals surface area contributed by atoms with Crippen LogP contribution in [0.2, 0.25) is 0 Å². The third kappa shape index (κ3) is 8.38. The number of urea groups is 1. The molecular formula is C29H35N5O4S. The standard InChI is InChI=1S/C29H35N5O4S/c1-37-20-19-34(29(36)30-24-10-12-25(38-2)13-11-24)21-27-31-26(22-39-27)28(35)33-17-15-32(16-18-33)14-6-9-23-7-4-3-5-8-23/h3-13,22H,14-21H2,1-2H3,(H,30,36). The Hall–Kier alpha value is -3.73. The molecule has 3 aromatic rings. The fraction of sp³-hybridized carbons (Fsp3) is 0.345. The number of anilines is 1. The smallest absolute Gasteiger partial charge is 0.322 e. The zero-order valence-corrected chi connectivity index (χ0v) is 23.2. The van der Waals surface area contributed by atoms with Crippen LogP contribution in [0.15, 0.2) is 66.1 Å². The van der Waals surface area contributed by atoms with Crippen LogP contribution in [-0.2, 0) is 11.3 Å². The monoisotopic (exact) mass is 549 g/mol. The van der Waals surface area contributed by atoms with E-state index in [-0.39, 0.29) is 18.5 Å². The quantitative estimate of drug-likeness (QED) is 0.384. The fourth-order valence-electron chi connectivity index (χ4n) is 4.17. The highest BCUT2D eigenvalue weighted by Crippen LogP contribution is 2.18. The molecule has 2 aromatic carbocycles. The Morgan fingerprint density at radius 2 is 1.79 bits per heavy atom. The summed E-state index contributed by atoms with van der Waals surface area (Å²) in [5, 5.41) is 5.38. The molecule has 4 rings (SSSR count). The molecule has 2 heterocycles. The van der Waals surface area contributed by atoms with E-state index in [1.54, 1.807) is 48.8 Å². The summed E-state index contributed by atoms with van der Waals surface area (Å²) in [6.45, 7) is 4.87. The number of hydrogen-bond donors (Lipinski definition) is 1. The van der Waals surface area contributed by atoms with E-state index >= 15 is 0 Å². The minimum Gasteiger partial charge on any atom is -0.497 e. The van der Waals surface area contributed by atoms with Crippen LogP contribution in [0.25, 0.3) is 6.08 Å². The van der Waals surface area contributed by atoms with Gasteiger partial charge in [-0.2, -0.15) is 0 Å². The van der Waals surface area contributed by atoms with Crippen LogP contribution in [0.4, 0.5) is 10.5 Å². The lowest BCUT2D eigenvalue weighted by atomic mass is 10.2. The summed E-state index contributed by atoms with van der Waals surface area (Å²) in [5.41, 5.74) is 2.27. The van der Waals surface area contributed by atoms with Crippen molar-refractivity contribution in [1.29, 1.82) is 0 Å². The third-order valence-electron chi connectivity index (χ3n) is 6.42. The van der Waals surface area contributed by atoms with Crippen molar-refractivity contribution in [3.63, 3.8) is 0 Å². The molecule has 3 amide bonds. The Morgan fingerprint density at radius 3 is 2.49 bits per heavy atom. The topological polar surface area (TPSA) is 87.2 Å². The van der Waals surface area contributed by atoms with E-state index in [1.807, 2.05) is 23.1 Å². The van der Waals surface area contributed by atoms with Gasteiger partial charge in [0.25, 0.3) is 5.91 Å². The number of thiazole rings is 1. The second-order valence-electron chi connectivity index (χ2n) is 9.11. The second kappa shape index (κ2) is 14.4. The highest BCUT2D eigenvalue weighted by Gasteiger charge is 2.24. The van der Waals surface area contributed by atoms with Gasteiger partial charge in [-0.05, 0) is 29.8 Å². The van der Waals surface area contributed by atoms with Crippen LogP contribution >= 0.6 is 11.3 Å². The predicted octanol–water partition coefficient (Wildman–Crippen LogP) is 4.30. The summed E-state index contributed by atoms with van der Waals surface area (Å²) >= 11 is 1.38. The van der Waals surface area contributed by atoms with Crippen LogP contribution < -0.4 is 10.1 Å². The summed E-state index contributed by atoms with van der Waals surface area (Å²) in [5.74, 6) is 0.647. The van der Waals surface area contributed by atoms with Gasteiger partial charge < -0.3 is 24.6 Å². The zero-order valence-electron chi connectivity index (χ0n) is 22.4. The van der Waals surface area contributed by atoms with Crippen LogP contribution in [0.3, 0.4) is 0 Å². The molecule has 0 spiro atoms. The van der Waals surface area contributed by atoms with Gasteiger partial charge in [0.05, 0.1) is 20.3 Å². The van der Waals surface area contributed by atoms with Crippen LogP contribution in [0.5, 0.6) is 5.75 Å². The van der Waals surface area contributed by atoms with Crippen molar-refractivity contribution in [2.45, 2.75) is 6.54 Å². The second-order valence-corrected chi connectivity index (χ2v) is 10.0. The SMILES string of the molecule is COCCN(Cc1nc(C(=O)N2CCN(CC=Cc3ccccc3)CC2)cs1)C(=O)Nc1ccc(OC)cc1. The first-order valence-corrected chi connectivity index (χ1v) is 13.8. The molecule has 0 atom stereocenters. The molecule has 39 heavy (non-hydrogen) atoms. The van der Waals surface area contributed by atoms with E-state index in [4.69, 9.17) is 9.47 Å². The summed E-state index contributed by atoms with van der Waals surface area (Å²) in [6, 6.07) is 17.1. The largest absolute Gasteiger partial charge is 0.497 e. The van der Waals surface area contributed by atoms with Gasteiger partial charge in [-0.25, -0.2) is 9.78 Å². The number of carbonyl (C=O) groups excluding carboxylic acids is 2. The Balaban J connectivity index is 1.28. The fourth-order valence-corrected chi connectivity index (χ4v) is 4.96. The van der Waals surface area contributed by atoms with Crippen molar-refractivity contribution in [2.75, 3.05) is 65.4 Å². The van der Waals surface area contributed by atoms with Crippen LogP contribution in [-0.4, -0.2) is 91.7 Å². The molecule has 0 radical (unpaired) electrons. The number of methoxy groups -OCH3 is 2. The summed E-state index contributed by atoms with van der Waals surface area (Å²) in [4.78, 5) is 36.5. The Labute approximate surface area is 233 Å². The van der Waals surface area contributed by atoms with E-state index in [0.717, 1.165) is 19.6 Å². The van der Waals surface area contributed by atoms with Crippen molar-refractivity contribution >= 4 is 35.0 Å². The molecule has 1 aromatic heterocycles. The van der Waals surface area contributed by atoms with Gasteiger partial charge in [0, 0.05) is 57.4 Å². The highest BCUT2D eigenvalue weighted by atomic mass is 32.1. The van der Waals surface area contributed by atoms with Gasteiger partial charge in [0.1, 0.15) is 16.5 Å². The normalized spacial score (nSPS) is 13.9. The first-order valence-electron chi connectivity index (χ1n) is 12.9. The molecule has 0 saturated carbocycles. The molecule has 1 fully saturated rings. The predicted molar refractivity (Wildman–Crippen MR) is 154 cm³/mol. The lowest BCUT2D eigenvalue weighted by Gasteiger charge is -2.33. The van der Waals surface area contributed by atoms with E-state index in [1.165, 1.54) is 16.9 Å². The number of carbonyl (C=O) groups is 2. The van der Waals surface area contributed by atoms with E-state index < -0.39 is 0 Å². The maximum atomic E-state index is 13.1. The molecule has 9 nitrogen and oxygen atoms in total. The summed E-state index contributed by atoms with van der Waals surface area (Å²) in [7, 11) is 3.19. The van der Waals surface area contributed by atoms with Gasteiger partial charge in [-0.1, -0.05) is 42.5 Å². The number of piperazine rings is 1. The Kier molecular flexibility index (Phi) is 10.5. The zero-order chi connectivity index (χ0) is 27.5. The number of hydrogen-bond acceptors (Lipinski definition) is 7. The van der Waals surface area contributed by atoms with Gasteiger partial charge in [-0.3, -0.25) is 9.69 Å². The summed E-state index contributed by atoms with van der Waals surface area (Å²) in [6.07, 6.45) is 4.29. The third-order valence-corrected chi connectivity index (χ3v) is 7.26. The number of benzene rings is 2. The van der Waals surface area contributed by atoms with Crippen molar-refractivity contribution < 1.29 is 19.1 Å². The highest BCUT2D eigenvalue weighted by molar-refractivity contribution is 7.09. The number of rotatable bonds is 11. The van der Waals surface area contributed by atoms with E-state index in [2.05, 4.69) is 39.5 Å². The molecule has 0 bridgehead atoms. The Morgan fingerprint density at radius 1 is 1.05 bits per heavy atom. The molecule has 10 heteroatoms. The maximum absolute atomic E-state index is 13.1. The van der Waals surface area contributed by atoms with Crippen molar-refractivity contribution in [1.82, 2.24) is 19.7 Å². The number of nitrogens with one attached hydrogen (secondary N) is 1. The number of nitrogens with zero attached hydrogens (tertiary/aromatic N) is 4. The molecular weight excluding hydrogens is 514 g/mol. The molecule has 1 N–H and O–H groups in total. The molecule has 0 aliphatic carbocycles. The van der Waals surface area contributed by atoms with E-state index in [9.17, 15) is 9.59 Å². The van der Waals surface area contributed by atoms with Crippen molar-refractivity contribution in [3.05, 3.63) is 82.3 Å². The Bertz CT molecular complexity index is 1220. The van der Waals surface area contributed by atoms with Crippen LogP contribution in [0, 0.1) is 0 Å². The van der Waals surface area contributed by atoms with Gasteiger partial charge >= 0.3 is 6.03 Å². The van der Waals surface area contributed by atoms with Gasteiger partial charge in [-0.15, -0.1) is 11.3 Å². The van der Waals surface area contributed by atoms with Crippen molar-refractivity contribution in [3.8, 4) is 5.75 Å². The molecule has 0 unspecified atom stereocenters. The average Bonchev–Trinajstić information content (AvgIpc) is 3.45. The number of amides is 3. The van der Waals surface area contributed by atoms with E-state index in [0.29, 0.717) is 48.4 Å². The molecule has 1 aliphatic heterocycles. The van der Waals surface area contributed by atoms with Crippen LogP contribution in [0.1, 0.15) is 21.1 Å². The molecule has 206 valence electrons.